The second kappa shape index (κ2) is 6.84. The fraction of sp³-hybridized carbons (Fsp3) is 0.429. The topological polar surface area (TPSA) is 72.8 Å². The summed E-state index contributed by atoms with van der Waals surface area (Å²) in [5.41, 5.74) is 3.90. The maximum absolute atomic E-state index is 11.6. The maximum Gasteiger partial charge on any atom is 0.265 e. The van der Waals surface area contributed by atoms with E-state index in [-0.39, 0.29) is 5.75 Å². The third-order valence-corrected chi connectivity index (χ3v) is 6.14. The van der Waals surface area contributed by atoms with Gasteiger partial charge in [0.2, 0.25) is 0 Å². The molecule has 0 radical (unpaired) electrons. The third-order valence-electron chi connectivity index (χ3n) is 5.39. The van der Waals surface area contributed by atoms with E-state index in [1.165, 1.54) is 0 Å². The normalized spacial score (nSPS) is 18.1. The van der Waals surface area contributed by atoms with Gasteiger partial charge in [0.05, 0.1) is 5.75 Å². The highest BCUT2D eigenvalue weighted by Gasteiger charge is 2.46. The molecule has 1 atom stereocenters. The fourth-order valence-electron chi connectivity index (χ4n) is 3.79. The summed E-state index contributed by atoms with van der Waals surface area (Å²) >= 11 is 0. The average molecular weight is 391 g/mol. The number of hydrogen-bond donors (Lipinski definition) is 1. The molecule has 5 nitrogen and oxygen atoms in total. The highest BCUT2D eigenvalue weighted by atomic mass is 32.2. The van der Waals surface area contributed by atoms with Gasteiger partial charge in [-0.1, -0.05) is 30.3 Å². The smallest absolute Gasteiger partial charge is 0.265 e. The van der Waals surface area contributed by atoms with Crippen molar-refractivity contribution in [2.75, 3.05) is 5.75 Å². The molecule has 3 rings (SSSR count). The van der Waals surface area contributed by atoms with E-state index in [2.05, 4.69) is 0 Å². The van der Waals surface area contributed by atoms with Crippen molar-refractivity contribution >= 4 is 10.1 Å². The van der Waals surface area contributed by atoms with Gasteiger partial charge in [-0.25, -0.2) is 0 Å². The number of benzene rings is 2. The molecule has 0 aromatic heterocycles. The van der Waals surface area contributed by atoms with Gasteiger partial charge < -0.3 is 9.47 Å². The van der Waals surface area contributed by atoms with Gasteiger partial charge in [0.1, 0.15) is 23.7 Å². The summed E-state index contributed by atoms with van der Waals surface area (Å²) in [7, 11) is -4.15. The fourth-order valence-corrected chi connectivity index (χ4v) is 4.78. The first-order chi connectivity index (χ1) is 12.5. The molecule has 1 N–H and O–H groups in total. The Balaban J connectivity index is 2.06. The summed E-state index contributed by atoms with van der Waals surface area (Å²) in [5.74, 6) is 0.599. The molecule has 1 heterocycles. The molecule has 0 aliphatic carbocycles. The molecular formula is C21H26O5S. The minimum absolute atomic E-state index is 0.380. The Morgan fingerprint density at radius 2 is 1.70 bits per heavy atom. The van der Waals surface area contributed by atoms with Gasteiger partial charge in [-0.15, -0.1) is 0 Å². The summed E-state index contributed by atoms with van der Waals surface area (Å²) in [4.78, 5) is 0. The van der Waals surface area contributed by atoms with Crippen molar-refractivity contribution in [3.8, 4) is 11.5 Å². The van der Waals surface area contributed by atoms with Crippen molar-refractivity contribution in [2.45, 2.75) is 52.7 Å². The minimum atomic E-state index is -4.15. The Morgan fingerprint density at radius 1 is 1.07 bits per heavy atom. The van der Waals surface area contributed by atoms with Crippen LogP contribution in [0.15, 0.2) is 30.3 Å². The molecule has 146 valence electrons. The number of rotatable bonds is 5. The Hall–Kier alpha value is -2.05. The highest BCUT2D eigenvalue weighted by molar-refractivity contribution is 7.85. The van der Waals surface area contributed by atoms with Crippen molar-refractivity contribution in [2.24, 2.45) is 0 Å². The van der Waals surface area contributed by atoms with Crippen molar-refractivity contribution in [3.05, 3.63) is 58.1 Å². The van der Waals surface area contributed by atoms with Crippen LogP contribution in [0.3, 0.4) is 0 Å². The van der Waals surface area contributed by atoms with Crippen LogP contribution >= 0.6 is 0 Å². The first-order valence-electron chi connectivity index (χ1n) is 8.96. The van der Waals surface area contributed by atoms with Crippen LogP contribution in [-0.2, 0) is 16.7 Å². The molecule has 1 aliphatic heterocycles. The summed E-state index contributed by atoms with van der Waals surface area (Å²) < 4.78 is 45.0. The van der Waals surface area contributed by atoms with E-state index in [1.807, 2.05) is 65.0 Å². The van der Waals surface area contributed by atoms with Crippen molar-refractivity contribution in [1.29, 1.82) is 0 Å². The first kappa shape index (κ1) is 19.7. The van der Waals surface area contributed by atoms with Crippen molar-refractivity contribution in [3.63, 3.8) is 0 Å². The second-order valence-corrected chi connectivity index (χ2v) is 9.23. The van der Waals surface area contributed by atoms with Crippen LogP contribution in [0, 0.1) is 20.8 Å². The largest absolute Gasteiger partial charge is 0.488 e. The highest BCUT2D eigenvalue weighted by Crippen LogP contribution is 2.52. The zero-order valence-electron chi connectivity index (χ0n) is 16.4. The van der Waals surface area contributed by atoms with Crippen LogP contribution in [-0.4, -0.2) is 24.3 Å². The lowest BCUT2D eigenvalue weighted by atomic mass is 9.84. The monoisotopic (exact) mass is 390 g/mol. The quantitative estimate of drug-likeness (QED) is 0.769. The zero-order chi connectivity index (χ0) is 20.0. The number of ether oxygens (including phenoxy) is 2. The Kier molecular flexibility index (Phi) is 4.99. The second-order valence-electron chi connectivity index (χ2n) is 7.73. The zero-order valence-corrected chi connectivity index (χ0v) is 17.2. The minimum Gasteiger partial charge on any atom is -0.488 e. The molecule has 0 spiro atoms. The molecule has 0 fully saturated rings. The SMILES string of the molecule is Cc1c(C)c2c(c(C)c1OCc1ccccc1)[C@@H](CS(=O)(=O)O)C(C)(C)O2. The predicted molar refractivity (Wildman–Crippen MR) is 105 cm³/mol. The molecule has 0 unspecified atom stereocenters. The Bertz CT molecular complexity index is 962. The first-order valence-corrected chi connectivity index (χ1v) is 10.6. The molecule has 6 heteroatoms. The van der Waals surface area contributed by atoms with Crippen molar-refractivity contribution in [1.82, 2.24) is 0 Å². The molecular weight excluding hydrogens is 364 g/mol. The molecule has 0 saturated heterocycles. The molecule has 0 saturated carbocycles. The van der Waals surface area contributed by atoms with Crippen molar-refractivity contribution < 1.29 is 22.4 Å². The molecule has 2 aromatic carbocycles. The lowest BCUT2D eigenvalue weighted by Gasteiger charge is -2.25. The van der Waals surface area contributed by atoms with Gasteiger partial charge in [-0.05, 0) is 56.9 Å². The van der Waals surface area contributed by atoms with Crippen LogP contribution in [0.25, 0.3) is 0 Å². The standard InChI is InChI=1S/C21H26O5S/c1-13-14(2)20-18(17(12-27(22,23)24)21(4,5)26-20)15(3)19(13)25-11-16-9-7-6-8-10-16/h6-10,17H,11-12H2,1-5H3,(H,22,23,24)/t17-/m1/s1. The molecule has 0 bridgehead atoms. The summed E-state index contributed by atoms with van der Waals surface area (Å²) in [6, 6.07) is 9.88. The van der Waals surface area contributed by atoms with Crippen LogP contribution < -0.4 is 9.47 Å². The van der Waals surface area contributed by atoms with Gasteiger partial charge in [0.15, 0.2) is 0 Å². The lowest BCUT2D eigenvalue weighted by Crippen LogP contribution is -2.34. The van der Waals surface area contributed by atoms with Gasteiger partial charge in [0.25, 0.3) is 10.1 Å². The molecule has 27 heavy (non-hydrogen) atoms. The van der Waals surface area contributed by atoms with Gasteiger partial charge in [-0.2, -0.15) is 8.42 Å². The summed E-state index contributed by atoms with van der Waals surface area (Å²) in [5, 5.41) is 0. The van der Waals surface area contributed by atoms with Crippen LogP contribution in [0.2, 0.25) is 0 Å². The maximum atomic E-state index is 11.6. The third kappa shape index (κ3) is 3.82. The van der Waals surface area contributed by atoms with Crippen LogP contribution in [0.5, 0.6) is 11.5 Å². The van der Waals surface area contributed by atoms with Gasteiger partial charge >= 0.3 is 0 Å². The summed E-state index contributed by atoms with van der Waals surface area (Å²) in [6.45, 7) is 9.98. The number of fused-ring (bicyclic) bond motifs is 1. The predicted octanol–water partition coefficient (Wildman–Crippen LogP) is 4.33. The van der Waals surface area contributed by atoms with Crippen LogP contribution in [0.1, 0.15) is 47.6 Å². The lowest BCUT2D eigenvalue weighted by molar-refractivity contribution is 0.115. The Morgan fingerprint density at radius 3 is 2.30 bits per heavy atom. The van der Waals surface area contributed by atoms with E-state index in [9.17, 15) is 13.0 Å². The number of hydrogen-bond acceptors (Lipinski definition) is 4. The van der Waals surface area contributed by atoms with E-state index < -0.39 is 21.6 Å². The average Bonchev–Trinajstić information content (AvgIpc) is 2.83. The van der Waals surface area contributed by atoms with E-state index >= 15 is 0 Å². The molecule has 2 aromatic rings. The van der Waals surface area contributed by atoms with Crippen LogP contribution in [0.4, 0.5) is 0 Å². The van der Waals surface area contributed by atoms with Gasteiger partial charge in [-0.3, -0.25) is 4.55 Å². The van der Waals surface area contributed by atoms with E-state index in [0.29, 0.717) is 12.4 Å². The molecule has 1 aliphatic rings. The molecule has 0 amide bonds. The summed E-state index contributed by atoms with van der Waals surface area (Å²) in [6.07, 6.45) is 0. The Labute approximate surface area is 161 Å². The van der Waals surface area contributed by atoms with E-state index in [0.717, 1.165) is 33.6 Å². The van der Waals surface area contributed by atoms with E-state index in [1.54, 1.807) is 0 Å². The van der Waals surface area contributed by atoms with Gasteiger partial charge in [0, 0.05) is 11.5 Å². The van der Waals surface area contributed by atoms with E-state index in [4.69, 9.17) is 9.47 Å².